The SMILES string of the molecule is C=CC(=O)N1CCCC1c1nc(-c2ccc(COc3ccccc3F)cc2)c2cnccn12. The van der Waals surface area contributed by atoms with Gasteiger partial charge in [-0.15, -0.1) is 0 Å². The third-order valence-corrected chi connectivity index (χ3v) is 5.94. The molecule has 4 aromatic rings. The van der Waals surface area contributed by atoms with Crippen molar-refractivity contribution in [2.45, 2.75) is 25.5 Å². The summed E-state index contributed by atoms with van der Waals surface area (Å²) in [6, 6.07) is 14.1. The lowest BCUT2D eigenvalue weighted by atomic mass is 10.1. The zero-order valence-corrected chi connectivity index (χ0v) is 18.0. The molecule has 0 saturated carbocycles. The standard InChI is InChI=1S/C26H23FN4O2/c1-2-24(32)30-14-5-7-21(30)26-29-25(22-16-28-13-15-31(22)26)19-11-9-18(10-12-19)17-33-23-8-4-3-6-20(23)27/h2-4,6,8-13,15-16,21H,1,5,7,14,17H2. The van der Waals surface area contributed by atoms with Gasteiger partial charge in [0.1, 0.15) is 12.4 Å². The summed E-state index contributed by atoms with van der Waals surface area (Å²) >= 11 is 0. The Kier molecular flexibility index (Phi) is 5.60. The van der Waals surface area contributed by atoms with Crippen molar-refractivity contribution >= 4 is 11.4 Å². The third kappa shape index (κ3) is 3.98. The lowest BCUT2D eigenvalue weighted by Gasteiger charge is -2.22. The molecule has 166 valence electrons. The summed E-state index contributed by atoms with van der Waals surface area (Å²) in [5.74, 6) is 0.591. The van der Waals surface area contributed by atoms with E-state index in [1.54, 1.807) is 30.6 Å². The highest BCUT2D eigenvalue weighted by molar-refractivity contribution is 5.87. The van der Waals surface area contributed by atoms with Gasteiger partial charge in [-0.25, -0.2) is 9.37 Å². The lowest BCUT2D eigenvalue weighted by Crippen LogP contribution is -2.29. The van der Waals surface area contributed by atoms with Gasteiger partial charge in [0.05, 0.1) is 23.4 Å². The van der Waals surface area contributed by atoms with E-state index in [1.807, 2.05) is 39.8 Å². The Morgan fingerprint density at radius 1 is 1.21 bits per heavy atom. The molecular weight excluding hydrogens is 419 g/mol. The Balaban J connectivity index is 1.44. The molecule has 0 N–H and O–H groups in total. The van der Waals surface area contributed by atoms with Crippen molar-refractivity contribution in [1.29, 1.82) is 0 Å². The topological polar surface area (TPSA) is 59.7 Å². The fourth-order valence-electron chi connectivity index (χ4n) is 4.31. The second-order valence-electron chi connectivity index (χ2n) is 7.96. The van der Waals surface area contributed by atoms with Crippen LogP contribution in [-0.4, -0.2) is 31.7 Å². The van der Waals surface area contributed by atoms with Crippen LogP contribution in [0, 0.1) is 5.82 Å². The number of halogens is 1. The summed E-state index contributed by atoms with van der Waals surface area (Å²) in [7, 11) is 0. The minimum atomic E-state index is -0.380. The number of ether oxygens (including phenoxy) is 1. The van der Waals surface area contributed by atoms with Crippen molar-refractivity contribution in [3.05, 3.63) is 97.0 Å². The zero-order valence-electron chi connectivity index (χ0n) is 18.0. The van der Waals surface area contributed by atoms with Crippen molar-refractivity contribution in [2.24, 2.45) is 0 Å². The molecule has 1 aliphatic heterocycles. The number of hydrogen-bond donors (Lipinski definition) is 0. The Morgan fingerprint density at radius 2 is 2.03 bits per heavy atom. The number of amides is 1. The first kappa shape index (κ1) is 20.9. The summed E-state index contributed by atoms with van der Waals surface area (Å²) in [6.45, 7) is 4.59. The van der Waals surface area contributed by atoms with E-state index < -0.39 is 0 Å². The predicted octanol–water partition coefficient (Wildman–Crippen LogP) is 4.96. The zero-order chi connectivity index (χ0) is 22.8. The van der Waals surface area contributed by atoms with Crippen LogP contribution in [0.1, 0.15) is 30.3 Å². The van der Waals surface area contributed by atoms with E-state index in [-0.39, 0.29) is 30.1 Å². The second kappa shape index (κ2) is 8.86. The van der Waals surface area contributed by atoms with Gasteiger partial charge in [0.25, 0.3) is 0 Å². The number of likely N-dealkylation sites (tertiary alicyclic amines) is 1. The monoisotopic (exact) mass is 442 g/mol. The molecule has 1 unspecified atom stereocenters. The van der Waals surface area contributed by atoms with E-state index in [2.05, 4.69) is 11.6 Å². The molecule has 6 nitrogen and oxygen atoms in total. The minimum Gasteiger partial charge on any atom is -0.486 e. The fourth-order valence-corrected chi connectivity index (χ4v) is 4.31. The first-order chi connectivity index (χ1) is 16.2. The van der Waals surface area contributed by atoms with Crippen LogP contribution in [0.25, 0.3) is 16.8 Å². The van der Waals surface area contributed by atoms with E-state index >= 15 is 0 Å². The lowest BCUT2D eigenvalue weighted by molar-refractivity contribution is -0.127. The first-order valence-corrected chi connectivity index (χ1v) is 10.9. The third-order valence-electron chi connectivity index (χ3n) is 5.94. The summed E-state index contributed by atoms with van der Waals surface area (Å²) in [4.78, 5) is 23.4. The van der Waals surface area contributed by atoms with Crippen molar-refractivity contribution in [1.82, 2.24) is 19.3 Å². The number of nitrogens with zero attached hydrogens (tertiary/aromatic N) is 4. The van der Waals surface area contributed by atoms with Crippen LogP contribution in [-0.2, 0) is 11.4 Å². The van der Waals surface area contributed by atoms with Crippen molar-refractivity contribution < 1.29 is 13.9 Å². The maximum Gasteiger partial charge on any atom is 0.246 e. The van der Waals surface area contributed by atoms with Gasteiger partial charge in [-0.3, -0.25) is 14.2 Å². The normalized spacial score (nSPS) is 15.7. The molecule has 0 radical (unpaired) electrons. The van der Waals surface area contributed by atoms with Gasteiger partial charge in [-0.1, -0.05) is 43.0 Å². The predicted molar refractivity (Wildman–Crippen MR) is 123 cm³/mol. The summed E-state index contributed by atoms with van der Waals surface area (Å²) in [5.41, 5.74) is 3.53. The smallest absolute Gasteiger partial charge is 0.246 e. The van der Waals surface area contributed by atoms with Crippen LogP contribution >= 0.6 is 0 Å². The molecule has 0 spiro atoms. The summed E-state index contributed by atoms with van der Waals surface area (Å²) in [6.07, 6.45) is 8.53. The molecule has 1 amide bonds. The summed E-state index contributed by atoms with van der Waals surface area (Å²) in [5, 5.41) is 0. The molecule has 1 atom stereocenters. The van der Waals surface area contributed by atoms with Crippen LogP contribution < -0.4 is 4.74 Å². The number of hydrogen-bond acceptors (Lipinski definition) is 4. The van der Waals surface area contributed by atoms with Crippen LogP contribution in [0.3, 0.4) is 0 Å². The van der Waals surface area contributed by atoms with E-state index in [0.717, 1.165) is 41.0 Å². The number of benzene rings is 2. The Labute approximate surface area is 191 Å². The van der Waals surface area contributed by atoms with Gasteiger partial charge in [0.2, 0.25) is 5.91 Å². The highest BCUT2D eigenvalue weighted by Crippen LogP contribution is 2.35. The van der Waals surface area contributed by atoms with E-state index in [1.165, 1.54) is 12.1 Å². The average molecular weight is 442 g/mol. The van der Waals surface area contributed by atoms with E-state index in [0.29, 0.717) is 6.54 Å². The Hall–Kier alpha value is -4.00. The minimum absolute atomic E-state index is 0.0796. The number of carbonyl (C=O) groups excluding carboxylic acids is 1. The van der Waals surface area contributed by atoms with Gasteiger partial charge in [0, 0.05) is 24.5 Å². The highest BCUT2D eigenvalue weighted by atomic mass is 19.1. The van der Waals surface area contributed by atoms with E-state index in [9.17, 15) is 9.18 Å². The molecule has 1 fully saturated rings. The van der Waals surface area contributed by atoms with Crippen LogP contribution in [0.4, 0.5) is 4.39 Å². The van der Waals surface area contributed by atoms with Gasteiger partial charge >= 0.3 is 0 Å². The van der Waals surface area contributed by atoms with E-state index in [4.69, 9.17) is 9.72 Å². The highest BCUT2D eigenvalue weighted by Gasteiger charge is 2.32. The molecule has 3 heterocycles. The number of rotatable bonds is 6. The fraction of sp³-hybridized carbons (Fsp3) is 0.192. The molecule has 5 rings (SSSR count). The molecule has 7 heteroatoms. The van der Waals surface area contributed by atoms with Crippen LogP contribution in [0.2, 0.25) is 0 Å². The average Bonchev–Trinajstić information content (AvgIpc) is 3.48. The summed E-state index contributed by atoms with van der Waals surface area (Å²) < 4.78 is 21.4. The largest absolute Gasteiger partial charge is 0.486 e. The molecule has 0 bridgehead atoms. The maximum atomic E-state index is 13.8. The molecule has 33 heavy (non-hydrogen) atoms. The Morgan fingerprint density at radius 3 is 2.82 bits per heavy atom. The van der Waals surface area contributed by atoms with Gasteiger partial charge < -0.3 is 9.64 Å². The van der Waals surface area contributed by atoms with Crippen molar-refractivity contribution in [2.75, 3.05) is 6.54 Å². The Bertz CT molecular complexity index is 1320. The molecule has 0 aliphatic carbocycles. The maximum absolute atomic E-state index is 13.8. The van der Waals surface area contributed by atoms with Gasteiger partial charge in [-0.05, 0) is 36.6 Å². The number of fused-ring (bicyclic) bond motifs is 1. The molecule has 2 aromatic carbocycles. The quantitative estimate of drug-likeness (QED) is 0.396. The van der Waals surface area contributed by atoms with Crippen LogP contribution in [0.5, 0.6) is 5.75 Å². The van der Waals surface area contributed by atoms with Crippen LogP contribution in [0.15, 0.2) is 79.8 Å². The number of aromatic nitrogens is 3. The van der Waals surface area contributed by atoms with Crippen molar-refractivity contribution in [3.63, 3.8) is 0 Å². The van der Waals surface area contributed by atoms with Gasteiger partial charge in [0.15, 0.2) is 11.6 Å². The number of carbonyl (C=O) groups is 1. The molecule has 2 aromatic heterocycles. The van der Waals surface area contributed by atoms with Crippen molar-refractivity contribution in [3.8, 4) is 17.0 Å². The molecular formula is C26H23FN4O2. The number of para-hydroxylation sites is 1. The van der Waals surface area contributed by atoms with Gasteiger partial charge in [-0.2, -0.15) is 0 Å². The molecule has 1 saturated heterocycles. The molecule has 1 aliphatic rings. The number of imidazole rings is 1. The first-order valence-electron chi connectivity index (χ1n) is 10.9. The second-order valence-corrected chi connectivity index (χ2v) is 7.96.